The van der Waals surface area contributed by atoms with Crippen molar-refractivity contribution in [2.24, 2.45) is 0 Å². The lowest BCUT2D eigenvalue weighted by Crippen LogP contribution is -2.11. The van der Waals surface area contributed by atoms with Crippen LogP contribution in [-0.4, -0.2) is 16.0 Å². The molecule has 2 N–H and O–H groups in total. The van der Waals surface area contributed by atoms with Gasteiger partial charge in [-0.2, -0.15) is 0 Å². The zero-order chi connectivity index (χ0) is 15.6. The van der Waals surface area contributed by atoms with Gasteiger partial charge in [0.1, 0.15) is 5.69 Å². The quantitative estimate of drug-likeness (QED) is 0.635. The van der Waals surface area contributed by atoms with Crippen molar-refractivity contribution in [2.75, 3.05) is 5.32 Å². The monoisotopic (exact) mass is 326 g/mol. The van der Waals surface area contributed by atoms with Gasteiger partial charge in [-0.3, -0.25) is 10.1 Å². The number of para-hydroxylation sites is 1. The van der Waals surface area contributed by atoms with Crippen LogP contribution in [0.25, 0.3) is 0 Å². The molecule has 2 rings (SSSR count). The van der Waals surface area contributed by atoms with Crippen molar-refractivity contribution in [3.8, 4) is 0 Å². The molecule has 1 aromatic carbocycles. The molecule has 0 saturated carbocycles. The number of hydrogen-bond acceptors (Lipinski definition) is 5. The molecule has 0 spiro atoms. The van der Waals surface area contributed by atoms with Gasteiger partial charge >= 0.3 is 5.97 Å². The smallest absolute Gasteiger partial charge is 0.338 e. The van der Waals surface area contributed by atoms with Crippen molar-refractivity contribution < 1.29 is 14.8 Å². The molecule has 6 nitrogen and oxygen atoms in total. The molecule has 0 radical (unpaired) electrons. The Hall–Kier alpha value is -2.12. The number of carboxylic acid groups (broad SMARTS) is 1. The third kappa shape index (κ3) is 3.32. The maximum atomic E-state index is 11.2. The van der Waals surface area contributed by atoms with Gasteiger partial charge in [0.25, 0.3) is 5.69 Å². The third-order valence-corrected chi connectivity index (χ3v) is 4.27. The number of benzene rings is 1. The number of halogens is 1. The van der Waals surface area contributed by atoms with E-state index in [0.717, 1.165) is 4.88 Å². The number of nitrogens with zero attached hydrogens (tertiary/aromatic N) is 1. The van der Waals surface area contributed by atoms with Crippen LogP contribution in [0, 0.1) is 10.1 Å². The van der Waals surface area contributed by atoms with Crippen molar-refractivity contribution in [3.63, 3.8) is 0 Å². The largest absolute Gasteiger partial charge is 0.478 e. The first-order chi connectivity index (χ1) is 9.90. The summed E-state index contributed by atoms with van der Waals surface area (Å²) in [5, 5.41) is 23.2. The van der Waals surface area contributed by atoms with E-state index < -0.39 is 10.9 Å². The summed E-state index contributed by atoms with van der Waals surface area (Å²) in [6.45, 7) is 1.78. The normalized spacial score (nSPS) is 11.9. The number of hydrogen-bond donors (Lipinski definition) is 2. The van der Waals surface area contributed by atoms with E-state index in [9.17, 15) is 20.0 Å². The van der Waals surface area contributed by atoms with Crippen LogP contribution in [0.4, 0.5) is 11.4 Å². The zero-order valence-electron chi connectivity index (χ0n) is 10.9. The second kappa shape index (κ2) is 6.11. The van der Waals surface area contributed by atoms with Gasteiger partial charge in [-0.05, 0) is 25.1 Å². The van der Waals surface area contributed by atoms with Crippen LogP contribution in [0.5, 0.6) is 0 Å². The number of carbonyl (C=O) groups is 1. The molecule has 0 amide bonds. The highest BCUT2D eigenvalue weighted by Gasteiger charge is 2.23. The van der Waals surface area contributed by atoms with Gasteiger partial charge in [-0.25, -0.2) is 4.79 Å². The Bertz CT molecular complexity index is 669. The Labute approximate surface area is 129 Å². The molecule has 0 fully saturated rings. The van der Waals surface area contributed by atoms with Gasteiger partial charge in [0.15, 0.2) is 0 Å². The minimum atomic E-state index is -1.22. The highest BCUT2D eigenvalue weighted by atomic mass is 35.5. The fourth-order valence-electron chi connectivity index (χ4n) is 1.87. The predicted octanol–water partition coefficient (Wildman–Crippen LogP) is 4.18. The average Bonchev–Trinajstić information content (AvgIpc) is 2.85. The number of nitro groups is 1. The van der Waals surface area contributed by atoms with Gasteiger partial charge in [0.05, 0.1) is 20.9 Å². The van der Waals surface area contributed by atoms with E-state index in [0.29, 0.717) is 4.34 Å². The van der Waals surface area contributed by atoms with Crippen LogP contribution >= 0.6 is 22.9 Å². The van der Waals surface area contributed by atoms with Gasteiger partial charge in [0.2, 0.25) is 0 Å². The lowest BCUT2D eigenvalue weighted by atomic mass is 10.1. The lowest BCUT2D eigenvalue weighted by molar-refractivity contribution is -0.384. The summed E-state index contributed by atoms with van der Waals surface area (Å²) in [4.78, 5) is 22.6. The van der Waals surface area contributed by atoms with E-state index in [1.165, 1.54) is 29.5 Å². The predicted molar refractivity (Wildman–Crippen MR) is 81.4 cm³/mol. The highest BCUT2D eigenvalue weighted by Crippen LogP contribution is 2.34. The molecule has 21 heavy (non-hydrogen) atoms. The fraction of sp³-hybridized carbons (Fsp3) is 0.154. The molecule has 8 heteroatoms. The lowest BCUT2D eigenvalue weighted by Gasteiger charge is -2.15. The zero-order valence-corrected chi connectivity index (χ0v) is 12.4. The van der Waals surface area contributed by atoms with Gasteiger partial charge < -0.3 is 10.4 Å². The third-order valence-electron chi connectivity index (χ3n) is 2.85. The Balaban J connectivity index is 2.42. The molecular formula is C13H11ClN2O4S. The van der Waals surface area contributed by atoms with Crippen molar-refractivity contribution in [1.82, 2.24) is 0 Å². The molecule has 0 saturated heterocycles. The Morgan fingerprint density at radius 2 is 2.14 bits per heavy atom. The first kappa shape index (κ1) is 15.3. The van der Waals surface area contributed by atoms with Crippen LogP contribution in [-0.2, 0) is 0 Å². The Kier molecular flexibility index (Phi) is 4.44. The molecule has 1 unspecified atom stereocenters. The van der Waals surface area contributed by atoms with E-state index in [-0.39, 0.29) is 23.0 Å². The SMILES string of the molecule is CC(Nc1c(C(=O)O)cccc1[N+](=O)[O-])c1ccc(Cl)s1. The molecule has 0 aliphatic heterocycles. The first-order valence-corrected chi connectivity index (χ1v) is 7.12. The van der Waals surface area contributed by atoms with E-state index in [1.807, 2.05) is 0 Å². The summed E-state index contributed by atoms with van der Waals surface area (Å²) in [5.74, 6) is -1.22. The van der Waals surface area contributed by atoms with E-state index >= 15 is 0 Å². The molecule has 1 aromatic heterocycles. The molecular weight excluding hydrogens is 316 g/mol. The summed E-state index contributed by atoms with van der Waals surface area (Å²) >= 11 is 7.19. The molecule has 1 heterocycles. The number of thiophene rings is 1. The van der Waals surface area contributed by atoms with E-state index in [4.69, 9.17) is 11.6 Å². The van der Waals surface area contributed by atoms with E-state index in [1.54, 1.807) is 19.1 Å². The molecule has 1 atom stereocenters. The van der Waals surface area contributed by atoms with Crippen molar-refractivity contribution >= 4 is 40.3 Å². The Morgan fingerprint density at radius 3 is 2.67 bits per heavy atom. The maximum Gasteiger partial charge on any atom is 0.338 e. The molecule has 110 valence electrons. The number of rotatable bonds is 5. The van der Waals surface area contributed by atoms with Crippen molar-refractivity contribution in [1.29, 1.82) is 0 Å². The summed E-state index contributed by atoms with van der Waals surface area (Å²) in [6.07, 6.45) is 0. The highest BCUT2D eigenvalue weighted by molar-refractivity contribution is 7.16. The fourth-order valence-corrected chi connectivity index (χ4v) is 2.93. The second-order valence-corrected chi connectivity index (χ2v) is 6.02. The van der Waals surface area contributed by atoms with Crippen LogP contribution in [0.3, 0.4) is 0 Å². The Morgan fingerprint density at radius 1 is 1.43 bits per heavy atom. The first-order valence-electron chi connectivity index (χ1n) is 5.92. The number of carboxylic acids is 1. The van der Waals surface area contributed by atoms with Crippen LogP contribution in [0.1, 0.15) is 28.2 Å². The maximum absolute atomic E-state index is 11.2. The second-order valence-electron chi connectivity index (χ2n) is 4.27. The molecule has 0 bridgehead atoms. The number of nitrogens with one attached hydrogen (secondary N) is 1. The van der Waals surface area contributed by atoms with Gasteiger partial charge in [0, 0.05) is 10.9 Å². The number of anilines is 1. The number of nitro benzene ring substituents is 1. The van der Waals surface area contributed by atoms with Crippen molar-refractivity contribution in [3.05, 3.63) is 55.2 Å². The molecule has 0 aliphatic rings. The summed E-state index contributed by atoms with van der Waals surface area (Å²) in [7, 11) is 0. The van der Waals surface area contributed by atoms with Gasteiger partial charge in [-0.15, -0.1) is 11.3 Å². The minimum absolute atomic E-state index is 0.00739. The topological polar surface area (TPSA) is 92.5 Å². The summed E-state index contributed by atoms with van der Waals surface area (Å²) < 4.78 is 0.597. The van der Waals surface area contributed by atoms with Gasteiger partial charge in [-0.1, -0.05) is 17.7 Å². The molecule has 2 aromatic rings. The van der Waals surface area contributed by atoms with E-state index in [2.05, 4.69) is 5.32 Å². The minimum Gasteiger partial charge on any atom is -0.478 e. The molecule has 0 aliphatic carbocycles. The van der Waals surface area contributed by atoms with Crippen molar-refractivity contribution in [2.45, 2.75) is 13.0 Å². The summed E-state index contributed by atoms with van der Waals surface area (Å²) in [6, 6.07) is 7.15. The van der Waals surface area contributed by atoms with Crippen LogP contribution in [0.15, 0.2) is 30.3 Å². The number of aromatic carboxylic acids is 1. The average molecular weight is 327 g/mol. The van der Waals surface area contributed by atoms with Crippen LogP contribution < -0.4 is 5.32 Å². The standard InChI is InChI=1S/C13H11ClN2O4S/c1-7(10-5-6-11(14)21-10)15-12-8(13(17)18)3-2-4-9(12)16(19)20/h2-7,15H,1H3,(H,17,18). The van der Waals surface area contributed by atoms with Crippen LogP contribution in [0.2, 0.25) is 4.34 Å². The summed E-state index contributed by atoms with van der Waals surface area (Å²) in [5.41, 5.74) is -0.421.